The van der Waals surface area contributed by atoms with E-state index in [-0.39, 0.29) is 18.2 Å². The van der Waals surface area contributed by atoms with Crippen LogP contribution in [0.3, 0.4) is 0 Å². The summed E-state index contributed by atoms with van der Waals surface area (Å²) in [4.78, 5) is 2.10. The van der Waals surface area contributed by atoms with Gasteiger partial charge in [-0.3, -0.25) is 4.90 Å². The second-order valence-corrected chi connectivity index (χ2v) is 4.59. The molecule has 0 saturated heterocycles. The van der Waals surface area contributed by atoms with Crippen LogP contribution in [0.4, 0.5) is 4.39 Å². The highest BCUT2D eigenvalue weighted by Gasteiger charge is 2.10. The highest BCUT2D eigenvalue weighted by molar-refractivity contribution is 9.10. The van der Waals surface area contributed by atoms with Crippen LogP contribution in [-0.4, -0.2) is 24.5 Å². The van der Waals surface area contributed by atoms with E-state index in [0.29, 0.717) is 19.1 Å². The van der Waals surface area contributed by atoms with Crippen LogP contribution in [0.15, 0.2) is 22.7 Å². The maximum absolute atomic E-state index is 13.0. The van der Waals surface area contributed by atoms with Crippen molar-refractivity contribution in [3.05, 3.63) is 34.1 Å². The number of hydrogen-bond acceptors (Lipinski definition) is 2. The Hall–Kier alpha value is -0.160. The van der Waals surface area contributed by atoms with Crippen molar-refractivity contribution in [2.24, 2.45) is 5.73 Å². The molecule has 0 spiro atoms. The van der Waals surface area contributed by atoms with E-state index in [0.717, 1.165) is 10.0 Å². The third-order valence-electron chi connectivity index (χ3n) is 2.52. The summed E-state index contributed by atoms with van der Waals surface area (Å²) in [5.74, 6) is -0.206. The second kappa shape index (κ2) is 7.22. The van der Waals surface area contributed by atoms with Gasteiger partial charge in [0.2, 0.25) is 0 Å². The Balaban J connectivity index is 0.00000225. The molecule has 2 nitrogen and oxygen atoms in total. The van der Waals surface area contributed by atoms with Crippen molar-refractivity contribution in [1.29, 1.82) is 0 Å². The molecule has 0 saturated carbocycles. The average Bonchev–Trinajstić information content (AvgIpc) is 2.22. The first-order chi connectivity index (χ1) is 7.04. The number of benzene rings is 1. The van der Waals surface area contributed by atoms with Crippen molar-refractivity contribution >= 4 is 28.3 Å². The Kier molecular flexibility index (Phi) is 7.15. The van der Waals surface area contributed by atoms with Crippen molar-refractivity contribution < 1.29 is 4.39 Å². The number of likely N-dealkylation sites (N-methyl/N-ethyl adjacent to an activating group) is 1. The van der Waals surface area contributed by atoms with Crippen molar-refractivity contribution in [3.63, 3.8) is 0 Å². The summed E-state index contributed by atoms with van der Waals surface area (Å²) in [6.45, 7) is 3.34. The Morgan fingerprint density at radius 2 is 2.12 bits per heavy atom. The predicted octanol–water partition coefficient (Wildman–Crippen LogP) is 2.79. The van der Waals surface area contributed by atoms with E-state index in [2.05, 4.69) is 20.8 Å². The first-order valence-corrected chi connectivity index (χ1v) is 5.68. The molecule has 92 valence electrons. The smallest absolute Gasteiger partial charge is 0.123 e. The van der Waals surface area contributed by atoms with Gasteiger partial charge in [0.15, 0.2) is 0 Å². The van der Waals surface area contributed by atoms with E-state index in [9.17, 15) is 4.39 Å². The zero-order chi connectivity index (χ0) is 11.4. The van der Waals surface area contributed by atoms with Gasteiger partial charge in [0.05, 0.1) is 0 Å². The lowest BCUT2D eigenvalue weighted by atomic mass is 10.2. The maximum Gasteiger partial charge on any atom is 0.123 e. The molecule has 0 aliphatic carbocycles. The molecule has 0 heterocycles. The van der Waals surface area contributed by atoms with Gasteiger partial charge in [0.1, 0.15) is 5.82 Å². The zero-order valence-electron chi connectivity index (χ0n) is 9.41. The monoisotopic (exact) mass is 310 g/mol. The van der Waals surface area contributed by atoms with Gasteiger partial charge in [-0.1, -0.05) is 15.9 Å². The van der Waals surface area contributed by atoms with Crippen molar-refractivity contribution in [1.82, 2.24) is 4.90 Å². The molecule has 1 aromatic rings. The first-order valence-electron chi connectivity index (χ1n) is 4.89. The molecule has 16 heavy (non-hydrogen) atoms. The molecule has 1 rings (SSSR count). The normalized spacial score (nSPS) is 12.4. The molecular weight excluding hydrogens is 294 g/mol. The molecule has 5 heteroatoms. The Morgan fingerprint density at radius 3 is 2.69 bits per heavy atom. The Bertz CT molecular complexity index is 336. The highest BCUT2D eigenvalue weighted by Crippen LogP contribution is 2.19. The average molecular weight is 312 g/mol. The van der Waals surface area contributed by atoms with Gasteiger partial charge in [-0.15, -0.1) is 12.4 Å². The minimum Gasteiger partial charge on any atom is -0.329 e. The Morgan fingerprint density at radius 1 is 1.50 bits per heavy atom. The minimum absolute atomic E-state index is 0. The van der Waals surface area contributed by atoms with E-state index in [4.69, 9.17) is 5.73 Å². The van der Waals surface area contributed by atoms with Crippen LogP contribution in [0, 0.1) is 5.82 Å². The van der Waals surface area contributed by atoms with Crippen LogP contribution in [-0.2, 0) is 6.54 Å². The van der Waals surface area contributed by atoms with Crippen LogP contribution in [0.2, 0.25) is 0 Å². The summed E-state index contributed by atoms with van der Waals surface area (Å²) >= 11 is 3.41. The van der Waals surface area contributed by atoms with Gasteiger partial charge in [-0.05, 0) is 37.7 Å². The SMILES string of the molecule is CC(CN)N(C)Cc1cc(F)ccc1Br.Cl. The third kappa shape index (κ3) is 4.37. The fourth-order valence-corrected chi connectivity index (χ4v) is 1.64. The molecule has 0 amide bonds. The molecule has 0 aliphatic rings. The van der Waals surface area contributed by atoms with E-state index >= 15 is 0 Å². The van der Waals surface area contributed by atoms with Crippen LogP contribution >= 0.6 is 28.3 Å². The third-order valence-corrected chi connectivity index (χ3v) is 3.29. The van der Waals surface area contributed by atoms with Gasteiger partial charge >= 0.3 is 0 Å². The van der Waals surface area contributed by atoms with Crippen molar-refractivity contribution in [2.45, 2.75) is 19.5 Å². The maximum atomic E-state index is 13.0. The van der Waals surface area contributed by atoms with Crippen LogP contribution in [0.25, 0.3) is 0 Å². The quantitative estimate of drug-likeness (QED) is 0.926. The predicted molar refractivity (Wildman–Crippen MR) is 71.3 cm³/mol. The number of halogens is 3. The lowest BCUT2D eigenvalue weighted by molar-refractivity contribution is 0.254. The molecule has 1 unspecified atom stereocenters. The zero-order valence-corrected chi connectivity index (χ0v) is 11.8. The molecular formula is C11H17BrClFN2. The molecule has 2 N–H and O–H groups in total. The van der Waals surface area contributed by atoms with E-state index in [1.165, 1.54) is 6.07 Å². The van der Waals surface area contributed by atoms with E-state index in [1.54, 1.807) is 12.1 Å². The van der Waals surface area contributed by atoms with Crippen LogP contribution < -0.4 is 5.73 Å². The summed E-state index contributed by atoms with van der Waals surface area (Å²) in [5.41, 5.74) is 6.51. The minimum atomic E-state index is -0.206. The topological polar surface area (TPSA) is 29.3 Å². The van der Waals surface area contributed by atoms with Gasteiger partial charge in [0, 0.05) is 23.6 Å². The molecule has 0 aliphatic heterocycles. The van der Waals surface area contributed by atoms with E-state index in [1.807, 2.05) is 14.0 Å². The number of hydrogen-bond donors (Lipinski definition) is 1. The number of nitrogens with two attached hydrogens (primary N) is 1. The highest BCUT2D eigenvalue weighted by atomic mass is 79.9. The summed E-state index contributed by atoms with van der Waals surface area (Å²) in [7, 11) is 1.98. The van der Waals surface area contributed by atoms with E-state index < -0.39 is 0 Å². The van der Waals surface area contributed by atoms with Gasteiger partial charge in [0.25, 0.3) is 0 Å². The standard InChI is InChI=1S/C11H16BrFN2.ClH/c1-8(6-14)15(2)7-9-5-10(13)3-4-11(9)12;/h3-5,8H,6-7,14H2,1-2H3;1H. The van der Waals surface area contributed by atoms with Gasteiger partial charge in [-0.25, -0.2) is 4.39 Å². The Labute approximate surface area is 111 Å². The first kappa shape index (κ1) is 15.8. The molecule has 0 radical (unpaired) electrons. The molecule has 0 fully saturated rings. The largest absolute Gasteiger partial charge is 0.329 e. The second-order valence-electron chi connectivity index (χ2n) is 3.74. The molecule has 0 bridgehead atoms. The lowest BCUT2D eigenvalue weighted by Gasteiger charge is -2.23. The summed E-state index contributed by atoms with van der Waals surface area (Å²) < 4.78 is 13.9. The van der Waals surface area contributed by atoms with Crippen LogP contribution in [0.1, 0.15) is 12.5 Å². The molecule has 1 aromatic carbocycles. The molecule has 1 atom stereocenters. The summed E-state index contributed by atoms with van der Waals surface area (Å²) in [6, 6.07) is 5.01. The fourth-order valence-electron chi connectivity index (χ4n) is 1.27. The van der Waals surface area contributed by atoms with Gasteiger partial charge in [-0.2, -0.15) is 0 Å². The summed E-state index contributed by atoms with van der Waals surface area (Å²) in [5, 5.41) is 0. The number of nitrogens with zero attached hydrogens (tertiary/aromatic N) is 1. The van der Waals surface area contributed by atoms with Crippen molar-refractivity contribution in [2.75, 3.05) is 13.6 Å². The fraction of sp³-hybridized carbons (Fsp3) is 0.455. The van der Waals surface area contributed by atoms with Crippen LogP contribution in [0.5, 0.6) is 0 Å². The lowest BCUT2D eigenvalue weighted by Crippen LogP contribution is -2.34. The number of rotatable bonds is 4. The van der Waals surface area contributed by atoms with Crippen molar-refractivity contribution in [3.8, 4) is 0 Å². The summed E-state index contributed by atoms with van der Waals surface area (Å²) in [6.07, 6.45) is 0. The molecule has 0 aromatic heterocycles. The van der Waals surface area contributed by atoms with Gasteiger partial charge < -0.3 is 5.73 Å².